The number of halogens is 1. The number of hydrogen-bond donors (Lipinski definition) is 2. The van der Waals surface area contributed by atoms with Crippen molar-refractivity contribution in [3.8, 4) is 0 Å². The van der Waals surface area contributed by atoms with Crippen LogP contribution >= 0.6 is 24.0 Å². The summed E-state index contributed by atoms with van der Waals surface area (Å²) >= 11 is 0. The number of ether oxygens (including phenoxy) is 1. The first kappa shape index (κ1) is 21.9. The van der Waals surface area contributed by atoms with Gasteiger partial charge in [0.1, 0.15) is 5.65 Å². The highest BCUT2D eigenvalue weighted by atomic mass is 127. The predicted molar refractivity (Wildman–Crippen MR) is 120 cm³/mol. The number of rotatable bonds is 6. The summed E-state index contributed by atoms with van der Waals surface area (Å²) in [5.41, 5.74) is 2.12. The highest BCUT2D eigenvalue weighted by Gasteiger charge is 2.28. The summed E-state index contributed by atoms with van der Waals surface area (Å²) in [4.78, 5) is 11.4. The number of guanidine groups is 1. The van der Waals surface area contributed by atoms with E-state index in [9.17, 15) is 0 Å². The van der Waals surface area contributed by atoms with Crippen molar-refractivity contribution in [1.29, 1.82) is 0 Å². The topological polar surface area (TPSA) is 66.2 Å². The quantitative estimate of drug-likeness (QED) is 0.370. The van der Waals surface area contributed by atoms with Crippen LogP contribution in [0.15, 0.2) is 35.6 Å². The molecule has 0 aliphatic carbocycles. The Morgan fingerprint density at radius 1 is 1.26 bits per heavy atom. The molecule has 8 heteroatoms. The molecule has 150 valence electrons. The van der Waals surface area contributed by atoms with Crippen LogP contribution in [0.2, 0.25) is 0 Å². The van der Waals surface area contributed by atoms with Gasteiger partial charge in [0.2, 0.25) is 0 Å². The van der Waals surface area contributed by atoms with Gasteiger partial charge >= 0.3 is 0 Å². The molecule has 1 aliphatic heterocycles. The number of morpholine rings is 1. The van der Waals surface area contributed by atoms with Crippen LogP contribution in [0.3, 0.4) is 0 Å². The zero-order valence-corrected chi connectivity index (χ0v) is 18.8. The molecule has 7 nitrogen and oxygen atoms in total. The third-order valence-electron chi connectivity index (χ3n) is 4.87. The Labute approximate surface area is 178 Å². The Morgan fingerprint density at radius 3 is 2.74 bits per heavy atom. The molecule has 0 aromatic carbocycles. The van der Waals surface area contributed by atoms with Crippen molar-refractivity contribution in [3.63, 3.8) is 0 Å². The van der Waals surface area contributed by atoms with E-state index in [0.29, 0.717) is 0 Å². The number of nitrogens with one attached hydrogen (secondary N) is 2. The largest absolute Gasteiger partial charge is 0.379 e. The monoisotopic (exact) mass is 486 g/mol. The van der Waals surface area contributed by atoms with E-state index in [2.05, 4.69) is 45.6 Å². The van der Waals surface area contributed by atoms with E-state index in [-0.39, 0.29) is 29.5 Å². The summed E-state index contributed by atoms with van der Waals surface area (Å²) in [5, 5.41) is 6.83. The molecule has 0 unspecified atom stereocenters. The minimum Gasteiger partial charge on any atom is -0.379 e. The maximum Gasteiger partial charge on any atom is 0.191 e. The van der Waals surface area contributed by atoms with Crippen LogP contribution in [-0.4, -0.2) is 72.2 Å². The second-order valence-corrected chi connectivity index (χ2v) is 7.21. The summed E-state index contributed by atoms with van der Waals surface area (Å²) in [7, 11) is 1.81. The third kappa shape index (κ3) is 6.05. The zero-order valence-electron chi connectivity index (χ0n) is 16.4. The van der Waals surface area contributed by atoms with E-state index in [1.807, 2.05) is 35.8 Å². The Hall–Kier alpha value is -1.39. The summed E-state index contributed by atoms with van der Waals surface area (Å²) < 4.78 is 7.50. The van der Waals surface area contributed by atoms with Crippen molar-refractivity contribution < 1.29 is 4.74 Å². The molecule has 0 atom stereocenters. The van der Waals surface area contributed by atoms with E-state index in [0.717, 1.165) is 63.1 Å². The molecule has 3 rings (SSSR count). The molecule has 0 spiro atoms. The fourth-order valence-electron chi connectivity index (χ4n) is 3.22. The van der Waals surface area contributed by atoms with Crippen LogP contribution in [-0.2, 0) is 11.2 Å². The minimum absolute atomic E-state index is 0. The molecule has 0 radical (unpaired) electrons. The average molecular weight is 486 g/mol. The average Bonchev–Trinajstić information content (AvgIpc) is 3.08. The molecule has 0 bridgehead atoms. The molecule has 2 aromatic heterocycles. The van der Waals surface area contributed by atoms with Crippen molar-refractivity contribution in [1.82, 2.24) is 24.9 Å². The molecule has 3 heterocycles. The van der Waals surface area contributed by atoms with E-state index < -0.39 is 0 Å². The maximum atomic E-state index is 5.45. The van der Waals surface area contributed by atoms with Crippen molar-refractivity contribution >= 4 is 35.6 Å². The first-order valence-corrected chi connectivity index (χ1v) is 9.28. The van der Waals surface area contributed by atoms with E-state index in [1.54, 1.807) is 0 Å². The van der Waals surface area contributed by atoms with Crippen molar-refractivity contribution in [2.24, 2.45) is 4.99 Å². The van der Waals surface area contributed by atoms with Crippen molar-refractivity contribution in [2.45, 2.75) is 25.8 Å². The lowest BCUT2D eigenvalue weighted by molar-refractivity contribution is -0.00833. The molecule has 1 saturated heterocycles. The second kappa shape index (κ2) is 10.2. The molecule has 1 aliphatic rings. The molecule has 27 heavy (non-hydrogen) atoms. The van der Waals surface area contributed by atoms with Crippen LogP contribution in [0.25, 0.3) is 5.65 Å². The summed E-state index contributed by atoms with van der Waals surface area (Å²) in [6.07, 6.45) is 4.96. The summed E-state index contributed by atoms with van der Waals surface area (Å²) in [5.74, 6) is 0.829. The van der Waals surface area contributed by atoms with Crippen LogP contribution in [0, 0.1) is 0 Å². The number of imidazole rings is 1. The number of aromatic nitrogens is 2. The molecule has 0 saturated carbocycles. The summed E-state index contributed by atoms with van der Waals surface area (Å²) in [6.45, 7) is 9.74. The Balaban J connectivity index is 0.00000261. The Bertz CT molecular complexity index is 706. The lowest BCUT2D eigenvalue weighted by atomic mass is 10.0. The standard InChI is InChI=1S/C19H30N6O.HI/c1-19(2,25-10-12-26-13-11-25)15-22-18(20-3)21-8-7-16-14-24-9-5-4-6-17(24)23-16;/h4-6,9,14H,7-8,10-13,15H2,1-3H3,(H2,20,21,22);1H. The molecular formula is C19H31IN6O. The van der Waals surface area contributed by atoms with Crippen molar-refractivity contribution in [2.75, 3.05) is 46.4 Å². The maximum absolute atomic E-state index is 5.45. The number of hydrogen-bond acceptors (Lipinski definition) is 4. The smallest absolute Gasteiger partial charge is 0.191 e. The van der Waals surface area contributed by atoms with Gasteiger partial charge in [-0.1, -0.05) is 6.07 Å². The fraction of sp³-hybridized carbons (Fsp3) is 0.579. The highest BCUT2D eigenvalue weighted by Crippen LogP contribution is 2.15. The van der Waals surface area contributed by atoms with Gasteiger partial charge in [-0.2, -0.15) is 0 Å². The van der Waals surface area contributed by atoms with Crippen LogP contribution in [0.1, 0.15) is 19.5 Å². The van der Waals surface area contributed by atoms with Crippen LogP contribution < -0.4 is 10.6 Å². The molecular weight excluding hydrogens is 455 g/mol. The first-order valence-electron chi connectivity index (χ1n) is 9.28. The van der Waals surface area contributed by atoms with E-state index in [4.69, 9.17) is 4.74 Å². The van der Waals surface area contributed by atoms with Gasteiger partial charge in [0.05, 0.1) is 18.9 Å². The summed E-state index contributed by atoms with van der Waals surface area (Å²) in [6, 6.07) is 6.04. The SMILES string of the molecule is CN=C(NCCc1cn2ccccc2n1)NCC(C)(C)N1CCOCC1.I. The van der Waals surface area contributed by atoms with E-state index in [1.165, 1.54) is 0 Å². The number of pyridine rings is 1. The molecule has 1 fully saturated rings. The van der Waals surface area contributed by atoms with Crippen LogP contribution in [0.4, 0.5) is 0 Å². The van der Waals surface area contributed by atoms with Gasteiger partial charge in [0.25, 0.3) is 0 Å². The van der Waals surface area contributed by atoms with Gasteiger partial charge in [-0.05, 0) is 26.0 Å². The van der Waals surface area contributed by atoms with Crippen molar-refractivity contribution in [3.05, 3.63) is 36.3 Å². The van der Waals surface area contributed by atoms with Gasteiger partial charge < -0.3 is 19.8 Å². The number of nitrogens with zero attached hydrogens (tertiary/aromatic N) is 4. The molecule has 0 amide bonds. The fourth-order valence-corrected chi connectivity index (χ4v) is 3.22. The highest BCUT2D eigenvalue weighted by molar-refractivity contribution is 14.0. The second-order valence-electron chi connectivity index (χ2n) is 7.21. The lowest BCUT2D eigenvalue weighted by Crippen LogP contribution is -2.56. The Morgan fingerprint density at radius 2 is 2.04 bits per heavy atom. The van der Waals surface area contributed by atoms with E-state index >= 15 is 0 Å². The zero-order chi connectivity index (χ0) is 18.4. The molecule has 2 N–H and O–H groups in total. The number of fused-ring (bicyclic) bond motifs is 1. The van der Waals surface area contributed by atoms with Gasteiger partial charge in [-0.3, -0.25) is 9.89 Å². The van der Waals surface area contributed by atoms with Gasteiger partial charge in [0.15, 0.2) is 5.96 Å². The predicted octanol–water partition coefficient (Wildman–Crippen LogP) is 1.77. The third-order valence-corrected chi connectivity index (χ3v) is 4.87. The van der Waals surface area contributed by atoms with Gasteiger partial charge in [-0.25, -0.2) is 4.98 Å². The minimum atomic E-state index is 0. The van der Waals surface area contributed by atoms with Gasteiger partial charge in [-0.15, -0.1) is 24.0 Å². The molecule has 2 aromatic rings. The normalized spacial score (nSPS) is 16.2. The Kier molecular flexibility index (Phi) is 8.30. The number of aliphatic imine (C=N–C) groups is 1. The first-order chi connectivity index (χ1) is 12.6. The lowest BCUT2D eigenvalue weighted by Gasteiger charge is -2.41. The van der Waals surface area contributed by atoms with Gasteiger partial charge in [0, 0.05) is 57.6 Å². The van der Waals surface area contributed by atoms with Crippen LogP contribution in [0.5, 0.6) is 0 Å².